The van der Waals surface area contributed by atoms with Crippen LogP contribution in [0.5, 0.6) is 5.75 Å². The van der Waals surface area contributed by atoms with E-state index in [9.17, 15) is 0 Å². The number of nitrogens with zero attached hydrogens (tertiary/aromatic N) is 3. The zero-order valence-corrected chi connectivity index (χ0v) is 13.3. The summed E-state index contributed by atoms with van der Waals surface area (Å²) >= 11 is 0. The van der Waals surface area contributed by atoms with Gasteiger partial charge in [-0.25, -0.2) is 0 Å². The minimum atomic E-state index is 0.323. The van der Waals surface area contributed by atoms with Gasteiger partial charge in [0.05, 0.1) is 0 Å². The van der Waals surface area contributed by atoms with Crippen LogP contribution in [0.15, 0.2) is 24.3 Å². The quantitative estimate of drug-likeness (QED) is 0.890. The van der Waals surface area contributed by atoms with Gasteiger partial charge in [-0.15, -0.1) is 10.2 Å². The summed E-state index contributed by atoms with van der Waals surface area (Å²) in [6.07, 6.45) is 3.06. The fraction of sp³-hybridized carbons (Fsp3) is 0.529. The Morgan fingerprint density at radius 3 is 2.50 bits per heavy atom. The Balaban J connectivity index is 1.66. The number of nitrogens with two attached hydrogens (primary N) is 1. The minimum Gasteiger partial charge on any atom is -0.486 e. The van der Waals surface area contributed by atoms with E-state index in [2.05, 4.69) is 40.7 Å². The van der Waals surface area contributed by atoms with Gasteiger partial charge in [-0.3, -0.25) is 0 Å². The molecular weight excluding hydrogens is 276 g/mol. The van der Waals surface area contributed by atoms with Crippen LogP contribution >= 0.6 is 0 Å². The largest absolute Gasteiger partial charge is 0.486 e. The maximum absolute atomic E-state index is 5.88. The van der Waals surface area contributed by atoms with Crippen LogP contribution in [0.3, 0.4) is 0 Å². The second kappa shape index (κ2) is 6.48. The molecule has 0 bridgehead atoms. The van der Waals surface area contributed by atoms with Crippen molar-refractivity contribution in [3.63, 3.8) is 0 Å². The summed E-state index contributed by atoms with van der Waals surface area (Å²) in [5, 5.41) is 8.67. The van der Waals surface area contributed by atoms with E-state index in [0.717, 1.165) is 43.2 Å². The van der Waals surface area contributed by atoms with Gasteiger partial charge in [0, 0.05) is 18.5 Å². The van der Waals surface area contributed by atoms with E-state index in [0.29, 0.717) is 18.6 Å². The maximum atomic E-state index is 5.88. The van der Waals surface area contributed by atoms with Gasteiger partial charge in [0.15, 0.2) is 5.82 Å². The van der Waals surface area contributed by atoms with Crippen LogP contribution in [0, 0.1) is 0 Å². The summed E-state index contributed by atoms with van der Waals surface area (Å²) in [5.41, 5.74) is 7.19. The Labute approximate surface area is 131 Å². The van der Waals surface area contributed by atoms with Crippen molar-refractivity contribution < 1.29 is 4.74 Å². The van der Waals surface area contributed by atoms with Gasteiger partial charge in [-0.1, -0.05) is 19.1 Å². The van der Waals surface area contributed by atoms with Gasteiger partial charge >= 0.3 is 0 Å². The number of hydrogen-bond acceptors (Lipinski definition) is 4. The molecule has 0 amide bonds. The van der Waals surface area contributed by atoms with E-state index in [4.69, 9.17) is 10.5 Å². The van der Waals surface area contributed by atoms with Crippen molar-refractivity contribution in [2.24, 2.45) is 5.73 Å². The van der Waals surface area contributed by atoms with Crippen molar-refractivity contribution in [1.29, 1.82) is 0 Å². The molecule has 5 heteroatoms. The van der Waals surface area contributed by atoms with Crippen LogP contribution < -0.4 is 10.5 Å². The van der Waals surface area contributed by atoms with Gasteiger partial charge in [-0.05, 0) is 43.9 Å². The van der Waals surface area contributed by atoms with Crippen LogP contribution in [-0.2, 0) is 19.6 Å². The number of aromatic nitrogens is 3. The second-order valence-corrected chi connectivity index (χ2v) is 5.93. The molecule has 3 rings (SSSR count). The summed E-state index contributed by atoms with van der Waals surface area (Å²) in [6, 6.07) is 8.54. The molecule has 2 aromatic rings. The first-order valence-corrected chi connectivity index (χ1v) is 8.10. The van der Waals surface area contributed by atoms with Gasteiger partial charge in [0.1, 0.15) is 18.2 Å². The number of ether oxygens (including phenoxy) is 1. The Morgan fingerprint density at radius 2 is 1.91 bits per heavy atom. The first-order chi connectivity index (χ1) is 10.7. The van der Waals surface area contributed by atoms with E-state index in [1.165, 1.54) is 5.56 Å². The van der Waals surface area contributed by atoms with Gasteiger partial charge in [0.25, 0.3) is 0 Å². The molecule has 1 aromatic heterocycles. The second-order valence-electron chi connectivity index (χ2n) is 5.93. The Hall–Kier alpha value is -1.88. The molecule has 0 saturated heterocycles. The third-order valence-electron chi connectivity index (χ3n) is 4.41. The number of hydrogen-bond donors (Lipinski definition) is 1. The van der Waals surface area contributed by atoms with Crippen molar-refractivity contribution in [3.8, 4) is 5.75 Å². The minimum absolute atomic E-state index is 0.323. The summed E-state index contributed by atoms with van der Waals surface area (Å²) in [4.78, 5) is 0. The summed E-state index contributed by atoms with van der Waals surface area (Å²) < 4.78 is 8.02. The van der Waals surface area contributed by atoms with Crippen LogP contribution in [-0.4, -0.2) is 20.8 Å². The molecule has 1 aliphatic carbocycles. The molecule has 1 aromatic carbocycles. The van der Waals surface area contributed by atoms with Crippen LogP contribution in [0.2, 0.25) is 0 Å². The molecular formula is C17H24N4O. The first kappa shape index (κ1) is 15.0. The van der Waals surface area contributed by atoms with E-state index >= 15 is 0 Å². The van der Waals surface area contributed by atoms with Gasteiger partial charge in [-0.2, -0.15) is 0 Å². The first-order valence-electron chi connectivity index (χ1n) is 8.10. The number of benzene rings is 1. The Morgan fingerprint density at radius 1 is 1.18 bits per heavy atom. The average Bonchev–Trinajstić information content (AvgIpc) is 2.92. The molecule has 0 spiro atoms. The van der Waals surface area contributed by atoms with Crippen LogP contribution in [0.25, 0.3) is 0 Å². The Bertz CT molecular complexity index is 614. The van der Waals surface area contributed by atoms with E-state index in [1.807, 2.05) is 12.1 Å². The van der Waals surface area contributed by atoms with Crippen molar-refractivity contribution >= 4 is 0 Å². The third kappa shape index (κ3) is 2.99. The summed E-state index contributed by atoms with van der Waals surface area (Å²) in [6.45, 7) is 5.57. The summed E-state index contributed by atoms with van der Waals surface area (Å²) in [5.74, 6) is 3.27. The molecule has 1 aliphatic rings. The normalized spacial score (nSPS) is 20.7. The molecule has 22 heavy (non-hydrogen) atoms. The lowest BCUT2D eigenvalue weighted by molar-refractivity contribution is 0.285. The number of aryl methyl sites for hydroxylation is 1. The molecule has 1 heterocycles. The third-order valence-corrected chi connectivity index (χ3v) is 4.41. The number of rotatable bonds is 6. The SMILES string of the molecule is CCc1ccc(OCc2nnc(C3CC(N)C3)n2CC)cc1. The average molecular weight is 300 g/mol. The fourth-order valence-electron chi connectivity index (χ4n) is 2.94. The van der Waals surface area contributed by atoms with Gasteiger partial charge < -0.3 is 15.0 Å². The van der Waals surface area contributed by atoms with Crippen LogP contribution in [0.4, 0.5) is 0 Å². The highest BCUT2D eigenvalue weighted by atomic mass is 16.5. The smallest absolute Gasteiger partial charge is 0.171 e. The predicted molar refractivity (Wildman–Crippen MR) is 85.8 cm³/mol. The summed E-state index contributed by atoms with van der Waals surface area (Å²) in [7, 11) is 0. The molecule has 2 N–H and O–H groups in total. The van der Waals surface area contributed by atoms with Crippen molar-refractivity contribution in [1.82, 2.24) is 14.8 Å². The van der Waals surface area contributed by atoms with Gasteiger partial charge in [0.2, 0.25) is 0 Å². The molecule has 0 unspecified atom stereocenters. The van der Waals surface area contributed by atoms with E-state index < -0.39 is 0 Å². The lowest BCUT2D eigenvalue weighted by atomic mass is 9.80. The van der Waals surface area contributed by atoms with Crippen molar-refractivity contribution in [2.45, 2.75) is 58.2 Å². The predicted octanol–water partition coefficient (Wildman–Crippen LogP) is 2.64. The molecule has 0 radical (unpaired) electrons. The molecule has 118 valence electrons. The Kier molecular flexibility index (Phi) is 4.43. The van der Waals surface area contributed by atoms with Crippen molar-refractivity contribution in [2.75, 3.05) is 0 Å². The lowest BCUT2D eigenvalue weighted by Gasteiger charge is -2.31. The zero-order chi connectivity index (χ0) is 15.5. The maximum Gasteiger partial charge on any atom is 0.171 e. The monoisotopic (exact) mass is 300 g/mol. The molecule has 5 nitrogen and oxygen atoms in total. The molecule has 0 atom stereocenters. The molecule has 1 fully saturated rings. The van der Waals surface area contributed by atoms with E-state index in [1.54, 1.807) is 0 Å². The standard InChI is InChI=1S/C17H24N4O/c1-3-12-5-7-15(8-6-12)22-11-16-19-20-17(21(16)4-2)13-9-14(18)10-13/h5-8,13-14H,3-4,9-11,18H2,1-2H3. The molecule has 1 saturated carbocycles. The fourth-order valence-corrected chi connectivity index (χ4v) is 2.94. The molecule has 0 aliphatic heterocycles. The van der Waals surface area contributed by atoms with Crippen LogP contribution in [0.1, 0.15) is 49.8 Å². The highest BCUT2D eigenvalue weighted by molar-refractivity contribution is 5.27. The van der Waals surface area contributed by atoms with Crippen molar-refractivity contribution in [3.05, 3.63) is 41.5 Å². The lowest BCUT2D eigenvalue weighted by Crippen LogP contribution is -2.36. The zero-order valence-electron chi connectivity index (χ0n) is 13.3. The topological polar surface area (TPSA) is 66.0 Å². The van der Waals surface area contributed by atoms with E-state index in [-0.39, 0.29) is 0 Å². The highest BCUT2D eigenvalue weighted by Crippen LogP contribution is 2.34. The highest BCUT2D eigenvalue weighted by Gasteiger charge is 2.31.